The van der Waals surface area contributed by atoms with E-state index in [1.165, 1.54) is 18.2 Å². The minimum atomic E-state index is -0.547. The van der Waals surface area contributed by atoms with E-state index in [2.05, 4.69) is 5.32 Å². The number of nitrogens with zero attached hydrogens (tertiary/aromatic N) is 1. The highest BCUT2D eigenvalue weighted by Gasteiger charge is 2.17. The normalized spacial score (nSPS) is 9.95. The number of carbonyl (C=O) groups excluding carboxylic acids is 1. The van der Waals surface area contributed by atoms with Crippen molar-refractivity contribution in [3.8, 4) is 5.75 Å². The molecule has 6 heteroatoms. The van der Waals surface area contributed by atoms with Crippen molar-refractivity contribution in [3.63, 3.8) is 0 Å². The van der Waals surface area contributed by atoms with Gasteiger partial charge >= 0.3 is 0 Å². The molecule has 2 aromatic rings. The fourth-order valence-electron chi connectivity index (χ4n) is 1.81. The van der Waals surface area contributed by atoms with Crippen molar-refractivity contribution in [2.45, 2.75) is 6.92 Å². The van der Waals surface area contributed by atoms with Crippen molar-refractivity contribution in [2.24, 2.45) is 0 Å². The van der Waals surface area contributed by atoms with Crippen molar-refractivity contribution in [1.29, 1.82) is 0 Å². The van der Waals surface area contributed by atoms with E-state index in [0.717, 1.165) is 0 Å². The summed E-state index contributed by atoms with van der Waals surface area (Å²) in [7, 11) is 0. The molecule has 1 amide bonds. The maximum absolute atomic E-state index is 12.3. The number of nitro groups is 1. The summed E-state index contributed by atoms with van der Waals surface area (Å²) < 4.78 is 5.35. The third kappa shape index (κ3) is 3.56. The highest BCUT2D eigenvalue weighted by molar-refractivity contribution is 6.06. The predicted octanol–water partition coefficient (Wildman–Crippen LogP) is 3.25. The van der Waals surface area contributed by atoms with E-state index in [0.29, 0.717) is 18.0 Å². The van der Waals surface area contributed by atoms with Gasteiger partial charge in [-0.3, -0.25) is 14.9 Å². The van der Waals surface area contributed by atoms with Crippen LogP contribution >= 0.6 is 0 Å². The monoisotopic (exact) mass is 286 g/mol. The largest absolute Gasteiger partial charge is 0.493 e. The van der Waals surface area contributed by atoms with Crippen LogP contribution in [-0.2, 0) is 0 Å². The van der Waals surface area contributed by atoms with Gasteiger partial charge in [0.25, 0.3) is 11.6 Å². The van der Waals surface area contributed by atoms with Crippen molar-refractivity contribution in [2.75, 3.05) is 11.9 Å². The van der Waals surface area contributed by atoms with Crippen LogP contribution in [0.1, 0.15) is 17.3 Å². The lowest BCUT2D eigenvalue weighted by atomic mass is 10.1. The van der Waals surface area contributed by atoms with Gasteiger partial charge in [0, 0.05) is 17.8 Å². The molecular formula is C15H14N2O4. The summed E-state index contributed by atoms with van der Waals surface area (Å²) >= 11 is 0. The second-order valence-electron chi connectivity index (χ2n) is 4.19. The number of carbonyl (C=O) groups is 1. The van der Waals surface area contributed by atoms with Crippen LogP contribution in [0.3, 0.4) is 0 Å². The lowest BCUT2D eigenvalue weighted by molar-refractivity contribution is -0.384. The smallest absolute Gasteiger partial charge is 0.270 e. The maximum atomic E-state index is 12.3. The van der Waals surface area contributed by atoms with Crippen LogP contribution in [0.5, 0.6) is 5.75 Å². The Morgan fingerprint density at radius 1 is 1.24 bits per heavy atom. The van der Waals surface area contributed by atoms with Crippen molar-refractivity contribution in [1.82, 2.24) is 0 Å². The summed E-state index contributed by atoms with van der Waals surface area (Å²) in [5, 5.41) is 13.5. The van der Waals surface area contributed by atoms with Crippen LogP contribution in [0.4, 0.5) is 11.4 Å². The molecule has 0 unspecified atom stereocenters. The first-order valence-electron chi connectivity index (χ1n) is 6.39. The molecule has 0 bridgehead atoms. The molecule has 0 saturated carbocycles. The number of benzene rings is 2. The first-order chi connectivity index (χ1) is 10.1. The van der Waals surface area contributed by atoms with Gasteiger partial charge in [-0.15, -0.1) is 0 Å². The molecule has 0 saturated heterocycles. The van der Waals surface area contributed by atoms with Crippen molar-refractivity contribution in [3.05, 3.63) is 64.2 Å². The fraction of sp³-hybridized carbons (Fsp3) is 0.133. The van der Waals surface area contributed by atoms with Gasteiger partial charge in [0.05, 0.1) is 17.1 Å². The molecule has 2 rings (SSSR count). The summed E-state index contributed by atoms with van der Waals surface area (Å²) in [5.74, 6) is -0.134. The maximum Gasteiger partial charge on any atom is 0.270 e. The molecule has 0 radical (unpaired) electrons. The zero-order chi connectivity index (χ0) is 15.2. The first-order valence-corrected chi connectivity index (χ1v) is 6.39. The Bertz CT molecular complexity index is 656. The third-order valence-corrected chi connectivity index (χ3v) is 2.75. The molecule has 0 atom stereocenters. The van der Waals surface area contributed by atoms with Gasteiger partial charge in [-0.25, -0.2) is 0 Å². The van der Waals surface area contributed by atoms with E-state index in [4.69, 9.17) is 4.74 Å². The summed E-state index contributed by atoms with van der Waals surface area (Å²) in [6, 6.07) is 12.8. The molecule has 0 heterocycles. The average Bonchev–Trinajstić information content (AvgIpc) is 2.48. The molecular weight excluding hydrogens is 272 g/mol. The number of rotatable bonds is 5. The number of para-hydroxylation sites is 1. The molecule has 0 aliphatic carbocycles. The van der Waals surface area contributed by atoms with Gasteiger partial charge in [-0.05, 0) is 25.1 Å². The predicted molar refractivity (Wildman–Crippen MR) is 78.7 cm³/mol. The summed E-state index contributed by atoms with van der Waals surface area (Å²) in [6.45, 7) is 2.14. The zero-order valence-corrected chi connectivity index (χ0v) is 11.4. The van der Waals surface area contributed by atoms with Gasteiger partial charge in [0.2, 0.25) is 0 Å². The SMILES string of the molecule is CCOc1ccc([N+](=O)[O-])cc1C(=O)Nc1ccccc1. The molecule has 6 nitrogen and oxygen atoms in total. The van der Waals surface area contributed by atoms with Gasteiger partial charge in [-0.2, -0.15) is 0 Å². The number of amides is 1. The van der Waals surface area contributed by atoms with Crippen LogP contribution < -0.4 is 10.1 Å². The number of anilines is 1. The van der Waals surface area contributed by atoms with Crippen LogP contribution in [0.25, 0.3) is 0 Å². The van der Waals surface area contributed by atoms with Crippen LogP contribution in [-0.4, -0.2) is 17.4 Å². The Balaban J connectivity index is 2.33. The molecule has 0 aliphatic heterocycles. The topological polar surface area (TPSA) is 81.5 Å². The minimum Gasteiger partial charge on any atom is -0.493 e. The van der Waals surface area contributed by atoms with Crippen LogP contribution in [0.15, 0.2) is 48.5 Å². The highest BCUT2D eigenvalue weighted by atomic mass is 16.6. The number of ether oxygens (including phenoxy) is 1. The molecule has 0 aromatic heterocycles. The second-order valence-corrected chi connectivity index (χ2v) is 4.19. The van der Waals surface area contributed by atoms with Gasteiger partial charge in [0.15, 0.2) is 0 Å². The van der Waals surface area contributed by atoms with Crippen molar-refractivity contribution >= 4 is 17.3 Å². The molecule has 2 aromatic carbocycles. The Morgan fingerprint density at radius 3 is 2.57 bits per heavy atom. The van der Waals surface area contributed by atoms with Gasteiger partial charge in [0.1, 0.15) is 5.75 Å². The third-order valence-electron chi connectivity index (χ3n) is 2.75. The van der Waals surface area contributed by atoms with Crippen LogP contribution in [0, 0.1) is 10.1 Å². The summed E-state index contributed by atoms with van der Waals surface area (Å²) in [6.07, 6.45) is 0. The van der Waals surface area contributed by atoms with Crippen LogP contribution in [0.2, 0.25) is 0 Å². The second kappa shape index (κ2) is 6.51. The average molecular weight is 286 g/mol. The molecule has 0 aliphatic rings. The molecule has 0 spiro atoms. The number of non-ortho nitro benzene ring substituents is 1. The quantitative estimate of drug-likeness (QED) is 0.675. The molecule has 0 fully saturated rings. The Labute approximate surface area is 121 Å². The van der Waals surface area contributed by atoms with Crippen molar-refractivity contribution < 1.29 is 14.5 Å². The summed E-state index contributed by atoms with van der Waals surface area (Å²) in [4.78, 5) is 22.6. The number of nitrogens with one attached hydrogen (secondary N) is 1. The summed E-state index contributed by atoms with van der Waals surface area (Å²) in [5.41, 5.74) is 0.586. The fourth-order valence-corrected chi connectivity index (χ4v) is 1.81. The van der Waals surface area contributed by atoms with E-state index >= 15 is 0 Å². The van der Waals surface area contributed by atoms with E-state index in [1.54, 1.807) is 31.2 Å². The van der Waals surface area contributed by atoms with E-state index < -0.39 is 10.8 Å². The first kappa shape index (κ1) is 14.5. The molecule has 1 N–H and O–H groups in total. The molecule has 21 heavy (non-hydrogen) atoms. The van der Waals surface area contributed by atoms with E-state index in [9.17, 15) is 14.9 Å². The van der Waals surface area contributed by atoms with Gasteiger partial charge in [-0.1, -0.05) is 18.2 Å². The zero-order valence-electron chi connectivity index (χ0n) is 11.4. The Morgan fingerprint density at radius 2 is 1.95 bits per heavy atom. The Kier molecular flexibility index (Phi) is 4.50. The number of hydrogen-bond donors (Lipinski definition) is 1. The lowest BCUT2D eigenvalue weighted by Gasteiger charge is -2.10. The molecule has 108 valence electrons. The van der Waals surface area contributed by atoms with E-state index in [-0.39, 0.29) is 11.3 Å². The number of nitro benzene ring substituents is 1. The standard InChI is InChI=1S/C15H14N2O4/c1-2-21-14-9-8-12(17(19)20)10-13(14)15(18)16-11-6-4-3-5-7-11/h3-10H,2H2,1H3,(H,16,18). The highest BCUT2D eigenvalue weighted by Crippen LogP contribution is 2.25. The van der Waals surface area contributed by atoms with E-state index in [1.807, 2.05) is 6.07 Å². The number of hydrogen-bond acceptors (Lipinski definition) is 4. The minimum absolute atomic E-state index is 0.134. The van der Waals surface area contributed by atoms with Gasteiger partial charge < -0.3 is 10.1 Å². The Hall–Kier alpha value is -2.89. The lowest BCUT2D eigenvalue weighted by Crippen LogP contribution is -2.14.